The topological polar surface area (TPSA) is 77.7 Å². The van der Waals surface area contributed by atoms with Crippen LogP contribution < -0.4 is 14.3 Å². The summed E-state index contributed by atoms with van der Waals surface area (Å²) in [5.74, 6) is 0.173. The lowest BCUT2D eigenvalue weighted by molar-refractivity contribution is 0.486. The van der Waals surface area contributed by atoms with E-state index in [2.05, 4.69) is 4.98 Å². The number of hydrogen-bond acceptors (Lipinski definition) is 6. The molecular formula is C22H14N2O4S2. The summed E-state index contributed by atoms with van der Waals surface area (Å²) < 4.78 is 32.2. The van der Waals surface area contributed by atoms with Crippen LogP contribution in [0.2, 0.25) is 0 Å². The fourth-order valence-electron chi connectivity index (χ4n) is 3.18. The Morgan fingerprint density at radius 3 is 2.53 bits per heavy atom. The molecule has 6 nitrogen and oxygen atoms in total. The van der Waals surface area contributed by atoms with Gasteiger partial charge < -0.3 is 4.18 Å². The number of para-hydroxylation sites is 2. The van der Waals surface area contributed by atoms with Crippen molar-refractivity contribution in [2.75, 3.05) is 0 Å². The van der Waals surface area contributed by atoms with Crippen LogP contribution in [-0.2, 0) is 10.1 Å². The Morgan fingerprint density at radius 2 is 1.70 bits per heavy atom. The zero-order valence-electron chi connectivity index (χ0n) is 15.4. The van der Waals surface area contributed by atoms with Gasteiger partial charge in [0, 0.05) is 0 Å². The molecule has 148 valence electrons. The molecular weight excluding hydrogens is 420 g/mol. The van der Waals surface area contributed by atoms with Crippen molar-refractivity contribution in [3.05, 3.63) is 99.3 Å². The second-order valence-corrected chi connectivity index (χ2v) is 9.11. The minimum absolute atomic E-state index is 0.0765. The van der Waals surface area contributed by atoms with Crippen molar-refractivity contribution >= 4 is 43.5 Å². The largest absolute Gasteiger partial charge is 0.379 e. The molecule has 2 aromatic heterocycles. The molecule has 0 aliphatic carbocycles. The quantitative estimate of drug-likeness (QED) is 0.406. The average molecular weight is 434 g/mol. The van der Waals surface area contributed by atoms with Gasteiger partial charge in [0.1, 0.15) is 10.6 Å². The number of nitrogens with zero attached hydrogens (tertiary/aromatic N) is 2. The lowest BCUT2D eigenvalue weighted by atomic mass is 10.2. The number of rotatable bonds is 4. The molecule has 0 unspecified atom stereocenters. The van der Waals surface area contributed by atoms with Crippen LogP contribution >= 0.6 is 11.3 Å². The highest BCUT2D eigenvalue weighted by atomic mass is 32.2. The molecule has 0 fully saturated rings. The van der Waals surface area contributed by atoms with Crippen LogP contribution in [0, 0.1) is 0 Å². The summed E-state index contributed by atoms with van der Waals surface area (Å²) in [6.45, 7) is 0. The Labute approximate surface area is 175 Å². The molecule has 8 heteroatoms. The summed E-state index contributed by atoms with van der Waals surface area (Å²) in [5, 5.41) is 0. The summed E-state index contributed by atoms with van der Waals surface area (Å²) in [6.07, 6.45) is 1.71. The second kappa shape index (κ2) is 7.08. The van der Waals surface area contributed by atoms with Gasteiger partial charge in [-0.3, -0.25) is 4.79 Å². The summed E-state index contributed by atoms with van der Waals surface area (Å²) >= 11 is 1.29. The molecule has 0 saturated carbocycles. The van der Waals surface area contributed by atoms with E-state index in [0.29, 0.717) is 15.1 Å². The molecule has 0 atom stereocenters. The summed E-state index contributed by atoms with van der Waals surface area (Å²) in [4.78, 5) is 18.1. The highest BCUT2D eigenvalue weighted by molar-refractivity contribution is 7.87. The third kappa shape index (κ3) is 3.26. The molecule has 30 heavy (non-hydrogen) atoms. The van der Waals surface area contributed by atoms with Crippen molar-refractivity contribution in [3.63, 3.8) is 0 Å². The molecule has 0 aliphatic heterocycles. The van der Waals surface area contributed by atoms with E-state index in [9.17, 15) is 13.2 Å². The SMILES string of the molecule is O=c1/c(=C/c2cccc(OS(=O)(=O)c3ccccc3)c2)sc2nc3ccccc3n12. The van der Waals surface area contributed by atoms with E-state index in [4.69, 9.17) is 4.18 Å². The number of hydrogen-bond donors (Lipinski definition) is 0. The van der Waals surface area contributed by atoms with Crippen molar-refractivity contribution in [2.24, 2.45) is 0 Å². The molecule has 5 aromatic rings. The van der Waals surface area contributed by atoms with Crippen molar-refractivity contribution in [2.45, 2.75) is 4.90 Å². The van der Waals surface area contributed by atoms with Gasteiger partial charge in [0.25, 0.3) is 5.56 Å². The first-order chi connectivity index (χ1) is 14.5. The van der Waals surface area contributed by atoms with Crippen LogP contribution in [0.3, 0.4) is 0 Å². The van der Waals surface area contributed by atoms with E-state index in [0.717, 1.165) is 11.0 Å². The van der Waals surface area contributed by atoms with E-state index in [1.54, 1.807) is 52.9 Å². The molecule has 0 saturated heterocycles. The van der Waals surface area contributed by atoms with Crippen molar-refractivity contribution in [1.82, 2.24) is 9.38 Å². The van der Waals surface area contributed by atoms with Crippen LogP contribution in [0.5, 0.6) is 5.75 Å². The molecule has 3 aromatic carbocycles. The smallest absolute Gasteiger partial charge is 0.339 e. The Bertz CT molecular complexity index is 1600. The maximum Gasteiger partial charge on any atom is 0.339 e. The number of aromatic nitrogens is 2. The lowest BCUT2D eigenvalue weighted by Crippen LogP contribution is -2.22. The normalized spacial score (nSPS) is 12.6. The van der Waals surface area contributed by atoms with Crippen molar-refractivity contribution < 1.29 is 12.6 Å². The zero-order chi connectivity index (χ0) is 20.7. The maximum atomic E-state index is 12.9. The molecule has 0 bridgehead atoms. The first-order valence-corrected chi connectivity index (χ1v) is 11.3. The average Bonchev–Trinajstić information content (AvgIpc) is 3.25. The molecule has 0 N–H and O–H groups in total. The molecule has 0 spiro atoms. The molecule has 0 amide bonds. The third-order valence-corrected chi connectivity index (χ3v) is 6.77. The molecule has 5 rings (SSSR count). The predicted octanol–water partition coefficient (Wildman–Crippen LogP) is 3.22. The number of imidazole rings is 1. The molecule has 0 aliphatic rings. The standard InChI is InChI=1S/C22H14N2O4S2/c25-21-20(29-22-23-18-11-4-5-12-19(18)24(21)22)14-15-7-6-8-16(13-15)28-30(26,27)17-9-2-1-3-10-17/h1-14H/b20-14-. The summed E-state index contributed by atoms with van der Waals surface area (Å²) in [7, 11) is -3.93. The molecule has 2 heterocycles. The van der Waals surface area contributed by atoms with E-state index in [-0.39, 0.29) is 16.2 Å². The van der Waals surface area contributed by atoms with Gasteiger partial charge >= 0.3 is 10.1 Å². The highest BCUT2D eigenvalue weighted by Gasteiger charge is 2.16. The van der Waals surface area contributed by atoms with Gasteiger partial charge in [0.2, 0.25) is 0 Å². The third-order valence-electron chi connectivity index (χ3n) is 4.54. The maximum absolute atomic E-state index is 12.9. The minimum atomic E-state index is -3.93. The van der Waals surface area contributed by atoms with Crippen LogP contribution in [0.15, 0.2) is 88.6 Å². The number of thiazole rings is 1. The summed E-state index contributed by atoms with van der Waals surface area (Å²) in [5.41, 5.74) is 2.03. The molecule has 0 radical (unpaired) electrons. The Kier molecular flexibility index (Phi) is 4.38. The van der Waals surface area contributed by atoms with E-state index < -0.39 is 10.1 Å². The van der Waals surface area contributed by atoms with Gasteiger partial charge in [-0.25, -0.2) is 9.38 Å². The van der Waals surface area contributed by atoms with E-state index in [1.165, 1.54) is 23.5 Å². The summed E-state index contributed by atoms with van der Waals surface area (Å²) in [6, 6.07) is 22.0. The van der Waals surface area contributed by atoms with Crippen LogP contribution in [0.1, 0.15) is 5.56 Å². The van der Waals surface area contributed by atoms with E-state index in [1.807, 2.05) is 24.3 Å². The van der Waals surface area contributed by atoms with Crippen LogP contribution in [-0.4, -0.2) is 17.8 Å². The lowest BCUT2D eigenvalue weighted by Gasteiger charge is -2.07. The van der Waals surface area contributed by atoms with Gasteiger partial charge in [-0.15, -0.1) is 0 Å². The predicted molar refractivity (Wildman–Crippen MR) is 116 cm³/mol. The van der Waals surface area contributed by atoms with Gasteiger partial charge in [-0.05, 0) is 48.0 Å². The van der Waals surface area contributed by atoms with Gasteiger partial charge in [-0.1, -0.05) is 53.8 Å². The monoisotopic (exact) mass is 434 g/mol. The van der Waals surface area contributed by atoms with Gasteiger partial charge in [0.05, 0.1) is 15.6 Å². The number of benzene rings is 3. The fourth-order valence-corrected chi connectivity index (χ4v) is 5.11. The van der Waals surface area contributed by atoms with E-state index >= 15 is 0 Å². The highest BCUT2D eigenvalue weighted by Crippen LogP contribution is 2.20. The Balaban J connectivity index is 1.54. The first-order valence-electron chi connectivity index (χ1n) is 9.03. The van der Waals surface area contributed by atoms with Crippen molar-refractivity contribution in [3.8, 4) is 5.75 Å². The Morgan fingerprint density at radius 1 is 0.933 bits per heavy atom. The van der Waals surface area contributed by atoms with Crippen molar-refractivity contribution in [1.29, 1.82) is 0 Å². The Hall–Kier alpha value is -3.49. The fraction of sp³-hybridized carbons (Fsp3) is 0. The first kappa shape index (κ1) is 18.5. The number of fused-ring (bicyclic) bond motifs is 3. The van der Waals surface area contributed by atoms with Crippen LogP contribution in [0.4, 0.5) is 0 Å². The van der Waals surface area contributed by atoms with Gasteiger partial charge in [-0.2, -0.15) is 8.42 Å². The zero-order valence-corrected chi connectivity index (χ0v) is 17.1. The second-order valence-electron chi connectivity index (χ2n) is 6.56. The van der Waals surface area contributed by atoms with Crippen LogP contribution in [0.25, 0.3) is 22.1 Å². The van der Waals surface area contributed by atoms with Gasteiger partial charge in [0.15, 0.2) is 4.96 Å². The minimum Gasteiger partial charge on any atom is -0.379 e.